The molecule has 0 aromatic heterocycles. The van der Waals surface area contributed by atoms with Crippen LogP contribution in [0.25, 0.3) is 0 Å². The Labute approximate surface area is 179 Å². The van der Waals surface area contributed by atoms with E-state index < -0.39 is 26.5 Å². The van der Waals surface area contributed by atoms with Crippen molar-refractivity contribution in [2.24, 2.45) is 0 Å². The Morgan fingerprint density at radius 1 is 1.10 bits per heavy atom. The quantitative estimate of drug-likeness (QED) is 0.489. The van der Waals surface area contributed by atoms with E-state index in [-0.39, 0.29) is 5.04 Å². The second-order valence-corrected chi connectivity index (χ2v) is 13.8. The molecular formula is C24H30O5Si. The lowest BCUT2D eigenvalue weighted by Crippen LogP contribution is -2.44. The second kappa shape index (κ2) is 8.66. The van der Waals surface area contributed by atoms with Gasteiger partial charge in [0, 0.05) is 6.08 Å². The highest BCUT2D eigenvalue weighted by Crippen LogP contribution is 2.41. The summed E-state index contributed by atoms with van der Waals surface area (Å²) in [6, 6.07) is 15.3. The molecule has 0 bridgehead atoms. The van der Waals surface area contributed by atoms with Gasteiger partial charge in [-0.25, -0.2) is 4.79 Å². The van der Waals surface area contributed by atoms with E-state index >= 15 is 0 Å². The number of benzene rings is 2. The van der Waals surface area contributed by atoms with Gasteiger partial charge in [0.05, 0.1) is 0 Å². The van der Waals surface area contributed by atoms with Gasteiger partial charge < -0.3 is 19.0 Å². The van der Waals surface area contributed by atoms with E-state index in [2.05, 4.69) is 33.9 Å². The minimum Gasteiger partial charge on any atom is -0.541 e. The van der Waals surface area contributed by atoms with Crippen molar-refractivity contribution in [3.05, 3.63) is 71.8 Å². The van der Waals surface area contributed by atoms with Crippen LogP contribution in [-0.4, -0.2) is 25.5 Å². The Hall–Kier alpha value is -2.57. The summed E-state index contributed by atoms with van der Waals surface area (Å²) in [5.74, 6) is 0.778. The number of rotatable bonds is 7. The first-order valence-electron chi connectivity index (χ1n) is 10.1. The molecule has 6 heteroatoms. The summed E-state index contributed by atoms with van der Waals surface area (Å²) in [4.78, 5) is 11.4. The highest BCUT2D eigenvalue weighted by molar-refractivity contribution is 6.74. The van der Waals surface area contributed by atoms with Crippen LogP contribution in [0.2, 0.25) is 18.1 Å². The van der Waals surface area contributed by atoms with Gasteiger partial charge in [-0.05, 0) is 47.5 Å². The third-order valence-electron chi connectivity index (χ3n) is 5.70. The van der Waals surface area contributed by atoms with E-state index in [1.165, 1.54) is 6.08 Å². The van der Waals surface area contributed by atoms with Crippen molar-refractivity contribution in [2.45, 2.75) is 57.7 Å². The highest BCUT2D eigenvalue weighted by Gasteiger charge is 2.40. The monoisotopic (exact) mass is 426 g/mol. The van der Waals surface area contributed by atoms with Crippen LogP contribution in [0.1, 0.15) is 38.0 Å². The standard InChI is InChI=1S/C24H30O5Si/c1-24(2,3)30(4,5)29-21-15-18(23(26)20-13-14-22(25)28-20)11-12-19(21)27-16-17-9-7-6-8-10-17/h6-15,20,23,26H,16H2,1-5H3/t20-,23+/m1/s1. The first-order valence-corrected chi connectivity index (χ1v) is 13.0. The molecule has 1 aliphatic heterocycles. The summed E-state index contributed by atoms with van der Waals surface area (Å²) < 4.78 is 17.8. The number of hydrogen-bond acceptors (Lipinski definition) is 5. The number of carbonyl (C=O) groups is 1. The summed E-state index contributed by atoms with van der Waals surface area (Å²) in [5.41, 5.74) is 1.67. The molecule has 2 aromatic rings. The first-order chi connectivity index (χ1) is 14.1. The Bertz CT molecular complexity index is 915. The zero-order valence-corrected chi connectivity index (χ0v) is 19.2. The van der Waals surface area contributed by atoms with Crippen LogP contribution in [-0.2, 0) is 16.1 Å². The van der Waals surface area contributed by atoms with Crippen LogP contribution in [0.15, 0.2) is 60.7 Å². The Morgan fingerprint density at radius 2 is 1.80 bits per heavy atom. The van der Waals surface area contributed by atoms with Crippen LogP contribution in [0, 0.1) is 0 Å². The lowest BCUT2D eigenvalue weighted by atomic mass is 10.0. The van der Waals surface area contributed by atoms with Crippen molar-refractivity contribution in [2.75, 3.05) is 0 Å². The summed E-state index contributed by atoms with van der Waals surface area (Å²) >= 11 is 0. The smallest absolute Gasteiger partial charge is 0.331 e. The van der Waals surface area contributed by atoms with Gasteiger partial charge in [0.25, 0.3) is 8.32 Å². The van der Waals surface area contributed by atoms with Crippen molar-refractivity contribution in [1.82, 2.24) is 0 Å². The predicted octanol–water partition coefficient (Wildman–Crippen LogP) is 5.16. The predicted molar refractivity (Wildman–Crippen MR) is 119 cm³/mol. The maximum atomic E-state index is 11.4. The van der Waals surface area contributed by atoms with E-state index in [0.29, 0.717) is 23.7 Å². The third kappa shape index (κ3) is 5.12. The summed E-state index contributed by atoms with van der Waals surface area (Å²) in [5, 5.41) is 10.7. The Kier molecular flexibility index (Phi) is 6.38. The Balaban J connectivity index is 1.88. The molecule has 1 heterocycles. The van der Waals surface area contributed by atoms with Crippen LogP contribution in [0.5, 0.6) is 11.5 Å². The van der Waals surface area contributed by atoms with Crippen molar-refractivity contribution >= 4 is 14.3 Å². The molecule has 0 radical (unpaired) electrons. The molecule has 2 atom stereocenters. The van der Waals surface area contributed by atoms with E-state index in [1.807, 2.05) is 36.4 Å². The van der Waals surface area contributed by atoms with Crippen LogP contribution >= 0.6 is 0 Å². The molecule has 2 aromatic carbocycles. The van der Waals surface area contributed by atoms with Gasteiger partial charge in [0.1, 0.15) is 18.5 Å². The molecule has 0 spiro atoms. The summed E-state index contributed by atoms with van der Waals surface area (Å²) in [6.07, 6.45) is 1.23. The number of ether oxygens (including phenoxy) is 2. The van der Waals surface area contributed by atoms with Crippen LogP contribution < -0.4 is 9.16 Å². The molecule has 0 fully saturated rings. The largest absolute Gasteiger partial charge is 0.541 e. The number of hydrogen-bond donors (Lipinski definition) is 1. The SMILES string of the molecule is CC(C)(C)[Si](C)(C)Oc1cc([C@H](O)[C@H]2C=CC(=O)O2)ccc1OCc1ccccc1. The lowest BCUT2D eigenvalue weighted by Gasteiger charge is -2.37. The van der Waals surface area contributed by atoms with Gasteiger partial charge in [0.2, 0.25) is 0 Å². The molecule has 0 saturated heterocycles. The van der Waals surface area contributed by atoms with Crippen LogP contribution in [0.3, 0.4) is 0 Å². The van der Waals surface area contributed by atoms with E-state index in [9.17, 15) is 9.90 Å². The summed E-state index contributed by atoms with van der Waals surface area (Å²) in [6.45, 7) is 11.3. The molecule has 0 aliphatic carbocycles. The fourth-order valence-corrected chi connectivity index (χ4v) is 3.83. The van der Waals surface area contributed by atoms with E-state index in [0.717, 1.165) is 5.56 Å². The van der Waals surface area contributed by atoms with E-state index in [4.69, 9.17) is 13.9 Å². The van der Waals surface area contributed by atoms with Crippen molar-refractivity contribution in [3.8, 4) is 11.5 Å². The number of carbonyl (C=O) groups excluding carboxylic acids is 1. The minimum absolute atomic E-state index is 0.00203. The van der Waals surface area contributed by atoms with Gasteiger partial charge >= 0.3 is 5.97 Å². The van der Waals surface area contributed by atoms with Gasteiger partial charge in [0.15, 0.2) is 11.9 Å². The number of aliphatic hydroxyl groups excluding tert-OH is 1. The highest BCUT2D eigenvalue weighted by atomic mass is 28.4. The molecule has 1 aliphatic rings. The zero-order valence-electron chi connectivity index (χ0n) is 18.2. The lowest BCUT2D eigenvalue weighted by molar-refractivity contribution is -0.142. The topological polar surface area (TPSA) is 65.0 Å². The average molecular weight is 427 g/mol. The maximum Gasteiger partial charge on any atom is 0.331 e. The number of cyclic esters (lactones) is 1. The third-order valence-corrected chi connectivity index (χ3v) is 10.0. The average Bonchev–Trinajstić information content (AvgIpc) is 3.12. The maximum absolute atomic E-state index is 11.4. The zero-order chi connectivity index (χ0) is 21.9. The minimum atomic E-state index is -2.15. The van der Waals surface area contributed by atoms with Gasteiger partial charge in [-0.15, -0.1) is 0 Å². The number of esters is 1. The van der Waals surface area contributed by atoms with Crippen molar-refractivity contribution < 1.29 is 23.8 Å². The van der Waals surface area contributed by atoms with Crippen molar-refractivity contribution in [3.63, 3.8) is 0 Å². The van der Waals surface area contributed by atoms with Crippen LogP contribution in [0.4, 0.5) is 0 Å². The van der Waals surface area contributed by atoms with Gasteiger partial charge in [-0.3, -0.25) is 0 Å². The normalized spacial score (nSPS) is 17.5. The fraction of sp³-hybridized carbons (Fsp3) is 0.375. The molecule has 0 saturated carbocycles. The van der Waals surface area contributed by atoms with Gasteiger partial charge in [-0.1, -0.05) is 57.2 Å². The number of aliphatic hydroxyl groups is 1. The Morgan fingerprint density at radius 3 is 2.40 bits per heavy atom. The molecule has 30 heavy (non-hydrogen) atoms. The summed E-state index contributed by atoms with van der Waals surface area (Å²) in [7, 11) is -2.15. The molecule has 1 N–H and O–H groups in total. The van der Waals surface area contributed by atoms with Crippen molar-refractivity contribution in [1.29, 1.82) is 0 Å². The fourth-order valence-electron chi connectivity index (χ4n) is 2.82. The molecule has 160 valence electrons. The van der Waals surface area contributed by atoms with Gasteiger partial charge in [-0.2, -0.15) is 0 Å². The second-order valence-electron chi connectivity index (χ2n) is 9.05. The molecule has 3 rings (SSSR count). The first kappa shape index (κ1) is 22.1. The molecule has 0 amide bonds. The molecule has 0 unspecified atom stereocenters. The molecular weight excluding hydrogens is 396 g/mol. The van der Waals surface area contributed by atoms with E-state index in [1.54, 1.807) is 18.2 Å². The molecule has 5 nitrogen and oxygen atoms in total.